The van der Waals surface area contributed by atoms with Gasteiger partial charge in [0.2, 0.25) is 0 Å². The first-order chi connectivity index (χ1) is 8.68. The summed E-state index contributed by atoms with van der Waals surface area (Å²) in [5.41, 5.74) is 2.97. The van der Waals surface area contributed by atoms with Crippen LogP contribution in [0.1, 0.15) is 32.8 Å². The molecule has 0 fully saturated rings. The maximum atomic E-state index is 3.60. The molecular weight excluding hydrogens is 220 g/mol. The fourth-order valence-corrected chi connectivity index (χ4v) is 2.47. The van der Waals surface area contributed by atoms with Crippen molar-refractivity contribution >= 4 is 5.69 Å². The third-order valence-electron chi connectivity index (χ3n) is 4.05. The van der Waals surface area contributed by atoms with Crippen molar-refractivity contribution in [3.05, 3.63) is 29.8 Å². The Morgan fingerprint density at radius 2 is 2.00 bits per heavy atom. The lowest BCUT2D eigenvalue weighted by atomic mass is 10.1. The van der Waals surface area contributed by atoms with Crippen molar-refractivity contribution in [1.29, 1.82) is 0 Å². The lowest BCUT2D eigenvalue weighted by Crippen LogP contribution is -2.33. The molecule has 18 heavy (non-hydrogen) atoms. The second-order valence-electron chi connectivity index (χ2n) is 5.71. The van der Waals surface area contributed by atoms with Crippen LogP contribution in [0.2, 0.25) is 0 Å². The van der Waals surface area contributed by atoms with E-state index in [2.05, 4.69) is 55.3 Å². The highest BCUT2D eigenvalue weighted by atomic mass is 15.1. The highest BCUT2D eigenvalue weighted by Gasteiger charge is 2.17. The van der Waals surface area contributed by atoms with Crippen molar-refractivity contribution in [3.63, 3.8) is 0 Å². The van der Waals surface area contributed by atoms with Gasteiger partial charge in [0.15, 0.2) is 0 Å². The Balaban J connectivity index is 1.73. The predicted molar refractivity (Wildman–Crippen MR) is 79.3 cm³/mol. The molecule has 1 aliphatic rings. The molecule has 1 aromatic rings. The zero-order chi connectivity index (χ0) is 13.0. The van der Waals surface area contributed by atoms with E-state index in [1.54, 1.807) is 0 Å². The smallest absolute Gasteiger partial charge is 0.0399 e. The highest BCUT2D eigenvalue weighted by molar-refractivity contribution is 5.57. The Morgan fingerprint density at radius 1 is 1.22 bits per heavy atom. The number of hydrogen-bond acceptors (Lipinski definition) is 2. The normalized spacial score (nSPS) is 16.1. The van der Waals surface area contributed by atoms with E-state index < -0.39 is 0 Å². The summed E-state index contributed by atoms with van der Waals surface area (Å²) in [5.74, 6) is 0.720. The Morgan fingerprint density at radius 3 is 2.78 bits per heavy atom. The Kier molecular flexibility index (Phi) is 4.65. The molecule has 0 amide bonds. The molecule has 1 unspecified atom stereocenters. The van der Waals surface area contributed by atoms with Crippen LogP contribution >= 0.6 is 0 Å². The number of para-hydroxylation sites is 1. The van der Waals surface area contributed by atoms with Gasteiger partial charge in [-0.3, -0.25) is 0 Å². The Bertz CT molecular complexity index is 373. The van der Waals surface area contributed by atoms with E-state index in [-0.39, 0.29) is 0 Å². The summed E-state index contributed by atoms with van der Waals surface area (Å²) < 4.78 is 0. The van der Waals surface area contributed by atoms with Crippen LogP contribution in [0, 0.1) is 5.92 Å². The molecule has 0 saturated carbocycles. The standard InChI is InChI=1S/C16H26N2/c1-13(2)14(3)17-10-6-11-18-12-9-15-7-4-5-8-16(15)18/h4-5,7-8,13-14,17H,6,9-12H2,1-3H3. The van der Waals surface area contributed by atoms with E-state index in [9.17, 15) is 0 Å². The van der Waals surface area contributed by atoms with Crippen molar-refractivity contribution < 1.29 is 0 Å². The van der Waals surface area contributed by atoms with E-state index in [1.807, 2.05) is 0 Å². The van der Waals surface area contributed by atoms with Gasteiger partial charge in [0.1, 0.15) is 0 Å². The van der Waals surface area contributed by atoms with Crippen LogP contribution in [0.5, 0.6) is 0 Å². The lowest BCUT2D eigenvalue weighted by Gasteiger charge is -2.21. The molecule has 2 rings (SSSR count). The van der Waals surface area contributed by atoms with E-state index >= 15 is 0 Å². The lowest BCUT2D eigenvalue weighted by molar-refractivity contribution is 0.424. The average Bonchev–Trinajstić information content (AvgIpc) is 2.77. The van der Waals surface area contributed by atoms with Gasteiger partial charge in [-0.25, -0.2) is 0 Å². The van der Waals surface area contributed by atoms with Gasteiger partial charge in [-0.15, -0.1) is 0 Å². The molecule has 0 aliphatic carbocycles. The number of anilines is 1. The Labute approximate surface area is 111 Å². The van der Waals surface area contributed by atoms with Crippen LogP contribution in [-0.4, -0.2) is 25.7 Å². The van der Waals surface area contributed by atoms with Gasteiger partial charge in [-0.1, -0.05) is 32.0 Å². The van der Waals surface area contributed by atoms with E-state index in [1.165, 1.54) is 37.2 Å². The Hall–Kier alpha value is -1.02. The van der Waals surface area contributed by atoms with Crippen LogP contribution in [0.25, 0.3) is 0 Å². The molecule has 0 radical (unpaired) electrons. The summed E-state index contributed by atoms with van der Waals surface area (Å²) in [4.78, 5) is 2.52. The number of nitrogens with one attached hydrogen (secondary N) is 1. The summed E-state index contributed by atoms with van der Waals surface area (Å²) in [6.45, 7) is 10.3. The number of nitrogens with zero attached hydrogens (tertiary/aromatic N) is 1. The number of fused-ring (bicyclic) bond motifs is 1. The minimum Gasteiger partial charge on any atom is -0.371 e. The average molecular weight is 246 g/mol. The fraction of sp³-hybridized carbons (Fsp3) is 0.625. The fourth-order valence-electron chi connectivity index (χ4n) is 2.47. The first-order valence-electron chi connectivity index (χ1n) is 7.24. The molecule has 1 heterocycles. The molecule has 2 nitrogen and oxygen atoms in total. The first kappa shape index (κ1) is 13.4. The first-order valence-corrected chi connectivity index (χ1v) is 7.24. The second-order valence-corrected chi connectivity index (χ2v) is 5.71. The zero-order valence-electron chi connectivity index (χ0n) is 11.9. The van der Waals surface area contributed by atoms with Crippen LogP contribution in [0.3, 0.4) is 0 Å². The molecule has 100 valence electrons. The monoisotopic (exact) mass is 246 g/mol. The van der Waals surface area contributed by atoms with Gasteiger partial charge >= 0.3 is 0 Å². The van der Waals surface area contributed by atoms with Crippen molar-refractivity contribution in [2.24, 2.45) is 5.92 Å². The maximum Gasteiger partial charge on any atom is 0.0399 e. The van der Waals surface area contributed by atoms with E-state index in [0.29, 0.717) is 6.04 Å². The predicted octanol–water partition coefficient (Wildman–Crippen LogP) is 3.07. The van der Waals surface area contributed by atoms with Gasteiger partial charge in [-0.2, -0.15) is 0 Å². The molecule has 1 atom stereocenters. The summed E-state index contributed by atoms with van der Waals surface area (Å²) in [5, 5.41) is 3.60. The zero-order valence-corrected chi connectivity index (χ0v) is 11.9. The summed E-state index contributed by atoms with van der Waals surface area (Å²) in [6.07, 6.45) is 2.44. The molecule has 1 aromatic carbocycles. The topological polar surface area (TPSA) is 15.3 Å². The molecule has 0 saturated heterocycles. The minimum atomic E-state index is 0.621. The van der Waals surface area contributed by atoms with Crippen LogP contribution in [-0.2, 0) is 6.42 Å². The summed E-state index contributed by atoms with van der Waals surface area (Å²) >= 11 is 0. The van der Waals surface area contributed by atoms with Gasteiger partial charge in [0.05, 0.1) is 0 Å². The maximum absolute atomic E-state index is 3.60. The molecule has 0 spiro atoms. The van der Waals surface area contributed by atoms with Crippen molar-refractivity contribution in [2.75, 3.05) is 24.5 Å². The molecule has 1 N–H and O–H groups in total. The highest BCUT2D eigenvalue weighted by Crippen LogP contribution is 2.27. The van der Waals surface area contributed by atoms with Crippen LogP contribution < -0.4 is 10.2 Å². The third kappa shape index (κ3) is 3.26. The van der Waals surface area contributed by atoms with Crippen LogP contribution in [0.15, 0.2) is 24.3 Å². The second kappa shape index (κ2) is 6.24. The molecular formula is C16H26N2. The quantitative estimate of drug-likeness (QED) is 0.776. The number of hydrogen-bond donors (Lipinski definition) is 1. The van der Waals surface area contributed by atoms with Gasteiger partial charge < -0.3 is 10.2 Å². The van der Waals surface area contributed by atoms with Gasteiger partial charge in [0.25, 0.3) is 0 Å². The van der Waals surface area contributed by atoms with Gasteiger partial charge in [-0.05, 0) is 43.9 Å². The van der Waals surface area contributed by atoms with E-state index in [4.69, 9.17) is 0 Å². The molecule has 0 bridgehead atoms. The van der Waals surface area contributed by atoms with Crippen molar-refractivity contribution in [1.82, 2.24) is 5.32 Å². The SMILES string of the molecule is CC(C)C(C)NCCCN1CCc2ccccc21. The number of rotatable bonds is 6. The van der Waals surface area contributed by atoms with Crippen molar-refractivity contribution in [2.45, 2.75) is 39.7 Å². The summed E-state index contributed by atoms with van der Waals surface area (Å²) in [7, 11) is 0. The molecule has 0 aromatic heterocycles. The van der Waals surface area contributed by atoms with Crippen molar-refractivity contribution in [3.8, 4) is 0 Å². The minimum absolute atomic E-state index is 0.621. The third-order valence-corrected chi connectivity index (χ3v) is 4.05. The summed E-state index contributed by atoms with van der Waals surface area (Å²) in [6, 6.07) is 9.43. The number of benzene rings is 1. The largest absolute Gasteiger partial charge is 0.371 e. The van der Waals surface area contributed by atoms with Gasteiger partial charge in [0, 0.05) is 24.8 Å². The van der Waals surface area contributed by atoms with Crippen LogP contribution in [0.4, 0.5) is 5.69 Å². The molecule has 1 aliphatic heterocycles. The van der Waals surface area contributed by atoms with E-state index in [0.717, 1.165) is 12.5 Å². The molecule has 2 heteroatoms.